The first-order valence-corrected chi connectivity index (χ1v) is 6.69. The lowest BCUT2D eigenvalue weighted by molar-refractivity contribution is -0.128. The van der Waals surface area contributed by atoms with Gasteiger partial charge >= 0.3 is 6.09 Å². The third kappa shape index (κ3) is 3.37. The number of imide groups is 1. The van der Waals surface area contributed by atoms with Crippen LogP contribution in [-0.4, -0.2) is 22.5 Å². The second-order valence-electron chi connectivity index (χ2n) is 5.96. The first-order chi connectivity index (χ1) is 9.69. The first-order valence-electron chi connectivity index (χ1n) is 6.69. The van der Waals surface area contributed by atoms with Crippen LogP contribution in [0.5, 0.6) is 0 Å². The molecule has 0 bridgehead atoms. The summed E-state index contributed by atoms with van der Waals surface area (Å²) in [5, 5.41) is 0. The molecule has 0 spiro atoms. The Kier molecular flexibility index (Phi) is 3.98. The Labute approximate surface area is 121 Å². The van der Waals surface area contributed by atoms with Gasteiger partial charge in [0.15, 0.2) is 0 Å². The van der Waals surface area contributed by atoms with Crippen LogP contribution in [-0.2, 0) is 9.53 Å². The molecule has 2 amide bonds. The summed E-state index contributed by atoms with van der Waals surface area (Å²) >= 11 is 0. The molecule has 2 rings (SSSR count). The van der Waals surface area contributed by atoms with Crippen LogP contribution in [0.25, 0.3) is 0 Å². The molecule has 1 aromatic carbocycles. The molecule has 1 saturated heterocycles. The summed E-state index contributed by atoms with van der Waals surface area (Å²) < 4.78 is 32.0. The number of hydrogen-bond acceptors (Lipinski definition) is 3. The van der Waals surface area contributed by atoms with Gasteiger partial charge in [-0.2, -0.15) is 0 Å². The lowest BCUT2D eigenvalue weighted by atomic mass is 10.0. The normalized spacial score (nSPS) is 19.0. The Hall–Kier alpha value is -1.98. The predicted octanol–water partition coefficient (Wildman–Crippen LogP) is 3.56. The summed E-state index contributed by atoms with van der Waals surface area (Å²) in [5.74, 6) is -1.90. The monoisotopic (exact) mass is 297 g/mol. The van der Waals surface area contributed by atoms with E-state index in [1.807, 2.05) is 0 Å². The van der Waals surface area contributed by atoms with Crippen molar-refractivity contribution >= 4 is 12.0 Å². The molecule has 21 heavy (non-hydrogen) atoms. The number of nitrogens with zero attached hydrogens (tertiary/aromatic N) is 1. The smallest absolute Gasteiger partial charge is 0.417 e. The van der Waals surface area contributed by atoms with Crippen molar-refractivity contribution in [3.05, 3.63) is 35.4 Å². The van der Waals surface area contributed by atoms with Crippen molar-refractivity contribution in [3.8, 4) is 0 Å². The van der Waals surface area contributed by atoms with Crippen LogP contribution in [0.4, 0.5) is 13.6 Å². The van der Waals surface area contributed by atoms with Crippen molar-refractivity contribution in [1.29, 1.82) is 0 Å². The minimum atomic E-state index is -0.807. The van der Waals surface area contributed by atoms with Crippen molar-refractivity contribution in [2.45, 2.75) is 45.3 Å². The highest BCUT2D eigenvalue weighted by Gasteiger charge is 2.40. The second kappa shape index (κ2) is 5.42. The number of ether oxygens (including phenoxy) is 1. The van der Waals surface area contributed by atoms with E-state index in [-0.39, 0.29) is 12.0 Å². The van der Waals surface area contributed by atoms with Gasteiger partial charge in [0.2, 0.25) is 5.91 Å². The fourth-order valence-corrected chi connectivity index (χ4v) is 2.29. The number of amides is 2. The van der Waals surface area contributed by atoms with Gasteiger partial charge in [0.25, 0.3) is 0 Å². The summed E-state index contributed by atoms with van der Waals surface area (Å²) in [5.41, 5.74) is -0.639. The van der Waals surface area contributed by atoms with Crippen LogP contribution < -0.4 is 0 Å². The molecule has 114 valence electrons. The average Bonchev–Trinajstić information content (AvgIpc) is 2.68. The van der Waals surface area contributed by atoms with E-state index in [0.717, 1.165) is 17.0 Å². The van der Waals surface area contributed by atoms with Crippen molar-refractivity contribution < 1.29 is 23.1 Å². The quantitative estimate of drug-likeness (QED) is 0.796. The third-order valence-corrected chi connectivity index (χ3v) is 3.12. The Bertz CT molecular complexity index is 581. The van der Waals surface area contributed by atoms with Gasteiger partial charge in [-0.25, -0.2) is 18.5 Å². The van der Waals surface area contributed by atoms with E-state index in [2.05, 4.69) is 0 Å². The van der Waals surface area contributed by atoms with Gasteiger partial charge in [-0.3, -0.25) is 4.79 Å². The molecule has 1 heterocycles. The van der Waals surface area contributed by atoms with E-state index in [9.17, 15) is 18.4 Å². The SMILES string of the molecule is CC(C)(C)OC(=O)N1C(=O)CCC1c1ccc(F)cc1F. The van der Waals surface area contributed by atoms with Crippen LogP contribution >= 0.6 is 0 Å². The molecule has 1 unspecified atom stereocenters. The van der Waals surface area contributed by atoms with Crippen LogP contribution in [0.1, 0.15) is 45.2 Å². The standard InChI is InChI=1S/C15H17F2NO3/c1-15(2,3)21-14(20)18-12(6-7-13(18)19)10-5-4-9(16)8-11(10)17/h4-5,8,12H,6-7H2,1-3H3. The number of carbonyl (C=O) groups is 2. The van der Waals surface area contributed by atoms with Crippen LogP contribution in [0.3, 0.4) is 0 Å². The van der Waals surface area contributed by atoms with Crippen LogP contribution in [0, 0.1) is 11.6 Å². The maximum atomic E-state index is 13.9. The molecule has 1 aliphatic rings. The molecule has 6 heteroatoms. The van der Waals surface area contributed by atoms with Crippen molar-refractivity contribution in [3.63, 3.8) is 0 Å². The number of likely N-dealkylation sites (tertiary alicyclic amines) is 1. The third-order valence-electron chi connectivity index (χ3n) is 3.12. The Balaban J connectivity index is 2.30. The van der Waals surface area contributed by atoms with E-state index in [1.54, 1.807) is 20.8 Å². The fraction of sp³-hybridized carbons (Fsp3) is 0.467. The molecule has 4 nitrogen and oxygen atoms in total. The van der Waals surface area contributed by atoms with Gasteiger partial charge in [-0.1, -0.05) is 6.07 Å². The lowest BCUT2D eigenvalue weighted by Gasteiger charge is -2.27. The largest absolute Gasteiger partial charge is 0.443 e. The minimum Gasteiger partial charge on any atom is -0.443 e. The van der Waals surface area contributed by atoms with Crippen LogP contribution in [0.2, 0.25) is 0 Å². The van der Waals surface area contributed by atoms with Crippen molar-refractivity contribution in [2.75, 3.05) is 0 Å². The van der Waals surface area contributed by atoms with E-state index in [4.69, 9.17) is 4.74 Å². The zero-order chi connectivity index (χ0) is 15.8. The number of halogens is 2. The van der Waals surface area contributed by atoms with Gasteiger partial charge < -0.3 is 4.74 Å². The van der Waals surface area contributed by atoms with Gasteiger partial charge in [0.1, 0.15) is 17.2 Å². The molecule has 0 aromatic heterocycles. The minimum absolute atomic E-state index is 0.119. The molecule has 1 aromatic rings. The van der Waals surface area contributed by atoms with E-state index in [0.29, 0.717) is 6.42 Å². The number of rotatable bonds is 1. The number of benzene rings is 1. The topological polar surface area (TPSA) is 46.6 Å². The van der Waals surface area contributed by atoms with Gasteiger partial charge in [0, 0.05) is 18.1 Å². The fourth-order valence-electron chi connectivity index (χ4n) is 2.29. The highest BCUT2D eigenvalue weighted by atomic mass is 19.1. The second-order valence-corrected chi connectivity index (χ2v) is 5.96. The van der Waals surface area contributed by atoms with Crippen LogP contribution in [0.15, 0.2) is 18.2 Å². The highest BCUT2D eigenvalue weighted by Crippen LogP contribution is 2.35. The van der Waals surface area contributed by atoms with Gasteiger partial charge in [-0.05, 0) is 33.3 Å². The average molecular weight is 297 g/mol. The summed E-state index contributed by atoms with van der Waals surface area (Å²) in [6.45, 7) is 5.04. The van der Waals surface area contributed by atoms with E-state index in [1.165, 1.54) is 6.07 Å². The summed E-state index contributed by atoms with van der Waals surface area (Å²) in [4.78, 5) is 24.9. The number of hydrogen-bond donors (Lipinski definition) is 0. The Morgan fingerprint density at radius 2 is 2.00 bits per heavy atom. The maximum Gasteiger partial charge on any atom is 0.417 e. The highest BCUT2D eigenvalue weighted by molar-refractivity contribution is 5.94. The first kappa shape index (κ1) is 15.4. The molecule has 1 aliphatic heterocycles. The summed E-state index contributed by atoms with van der Waals surface area (Å²) in [7, 11) is 0. The maximum absolute atomic E-state index is 13.9. The van der Waals surface area contributed by atoms with Crippen molar-refractivity contribution in [2.24, 2.45) is 0 Å². The molecule has 0 saturated carbocycles. The van der Waals surface area contributed by atoms with Gasteiger partial charge in [0.05, 0.1) is 6.04 Å². The Morgan fingerprint density at radius 1 is 1.33 bits per heavy atom. The molecule has 0 radical (unpaired) electrons. The number of carbonyl (C=O) groups excluding carboxylic acids is 2. The zero-order valence-electron chi connectivity index (χ0n) is 12.2. The summed E-state index contributed by atoms with van der Waals surface area (Å²) in [6.07, 6.45) is -0.389. The predicted molar refractivity (Wildman–Crippen MR) is 71.4 cm³/mol. The molecule has 1 fully saturated rings. The molecular weight excluding hydrogens is 280 g/mol. The molecule has 0 aliphatic carbocycles. The van der Waals surface area contributed by atoms with E-state index < -0.39 is 35.3 Å². The zero-order valence-corrected chi connectivity index (χ0v) is 12.2. The molecule has 0 N–H and O–H groups in total. The lowest BCUT2D eigenvalue weighted by Crippen LogP contribution is -2.39. The Morgan fingerprint density at radius 3 is 2.57 bits per heavy atom. The van der Waals surface area contributed by atoms with Crippen molar-refractivity contribution in [1.82, 2.24) is 4.90 Å². The molecular formula is C15H17F2NO3. The molecule has 1 atom stereocenters. The van der Waals surface area contributed by atoms with Gasteiger partial charge in [-0.15, -0.1) is 0 Å². The van der Waals surface area contributed by atoms with E-state index >= 15 is 0 Å². The summed E-state index contributed by atoms with van der Waals surface area (Å²) in [6, 6.07) is 2.35.